The first-order chi connectivity index (χ1) is 8.54. The predicted octanol–water partition coefficient (Wildman–Crippen LogP) is 1.30. The standard InChI is InChI=1S/C14H30N2O2/c1-5-7-16(10-12(4)11(2)3)8-6-15-9-13-14(17)18-13/h11-15,17H,5-10H2,1-4H3. The fourth-order valence-corrected chi connectivity index (χ4v) is 1.99. The molecule has 0 saturated carbocycles. The third kappa shape index (κ3) is 6.14. The van der Waals surface area contributed by atoms with E-state index in [9.17, 15) is 0 Å². The molecule has 3 atom stereocenters. The van der Waals surface area contributed by atoms with Crippen LogP contribution in [0.15, 0.2) is 0 Å². The molecular formula is C14H30N2O2. The van der Waals surface area contributed by atoms with E-state index in [0.717, 1.165) is 31.5 Å². The molecular weight excluding hydrogens is 228 g/mol. The number of nitrogens with zero attached hydrogens (tertiary/aromatic N) is 1. The summed E-state index contributed by atoms with van der Waals surface area (Å²) in [6, 6.07) is 0. The summed E-state index contributed by atoms with van der Waals surface area (Å²) >= 11 is 0. The summed E-state index contributed by atoms with van der Waals surface area (Å²) in [7, 11) is 0. The van der Waals surface area contributed by atoms with E-state index in [0.29, 0.717) is 0 Å². The van der Waals surface area contributed by atoms with E-state index in [2.05, 4.69) is 37.9 Å². The van der Waals surface area contributed by atoms with Crippen molar-refractivity contribution < 1.29 is 9.84 Å². The maximum atomic E-state index is 9.03. The van der Waals surface area contributed by atoms with Crippen LogP contribution in [0.25, 0.3) is 0 Å². The summed E-state index contributed by atoms with van der Waals surface area (Å²) in [6.45, 7) is 14.3. The van der Waals surface area contributed by atoms with Crippen molar-refractivity contribution in [3.05, 3.63) is 0 Å². The van der Waals surface area contributed by atoms with E-state index in [1.165, 1.54) is 19.5 Å². The van der Waals surface area contributed by atoms with Crippen LogP contribution in [-0.4, -0.2) is 55.1 Å². The molecule has 0 aromatic heterocycles. The van der Waals surface area contributed by atoms with Crippen LogP contribution in [-0.2, 0) is 4.74 Å². The van der Waals surface area contributed by atoms with E-state index in [1.54, 1.807) is 0 Å². The van der Waals surface area contributed by atoms with Gasteiger partial charge in [-0.3, -0.25) is 0 Å². The second-order valence-electron chi connectivity index (χ2n) is 5.79. The molecule has 4 heteroatoms. The van der Waals surface area contributed by atoms with Crippen LogP contribution in [0.4, 0.5) is 0 Å². The van der Waals surface area contributed by atoms with Crippen molar-refractivity contribution >= 4 is 0 Å². The van der Waals surface area contributed by atoms with Crippen LogP contribution in [0.2, 0.25) is 0 Å². The molecule has 1 aliphatic rings. The molecule has 1 saturated heterocycles. The minimum Gasteiger partial charge on any atom is -0.366 e. The summed E-state index contributed by atoms with van der Waals surface area (Å²) in [5.41, 5.74) is 0. The van der Waals surface area contributed by atoms with Crippen molar-refractivity contribution in [2.45, 2.75) is 46.5 Å². The van der Waals surface area contributed by atoms with E-state index >= 15 is 0 Å². The minimum absolute atomic E-state index is 0.0270. The molecule has 2 N–H and O–H groups in total. The van der Waals surface area contributed by atoms with Crippen molar-refractivity contribution in [2.75, 3.05) is 32.7 Å². The summed E-state index contributed by atoms with van der Waals surface area (Å²) < 4.78 is 4.95. The number of hydrogen-bond acceptors (Lipinski definition) is 4. The summed E-state index contributed by atoms with van der Waals surface area (Å²) in [6.07, 6.45) is 0.708. The molecule has 108 valence electrons. The first-order valence-corrected chi connectivity index (χ1v) is 7.31. The quantitative estimate of drug-likeness (QED) is 0.458. The molecule has 3 unspecified atom stereocenters. The van der Waals surface area contributed by atoms with Gasteiger partial charge in [0.2, 0.25) is 0 Å². The normalized spacial score (nSPS) is 24.8. The molecule has 0 aliphatic carbocycles. The Balaban J connectivity index is 2.12. The number of rotatable bonds is 10. The zero-order valence-electron chi connectivity index (χ0n) is 12.4. The summed E-state index contributed by atoms with van der Waals surface area (Å²) in [5.74, 6) is 1.48. The zero-order valence-corrected chi connectivity index (χ0v) is 12.4. The summed E-state index contributed by atoms with van der Waals surface area (Å²) in [5, 5.41) is 12.4. The highest BCUT2D eigenvalue weighted by Gasteiger charge is 2.36. The molecule has 0 amide bonds. The first-order valence-electron chi connectivity index (χ1n) is 7.31. The molecule has 0 aromatic carbocycles. The van der Waals surface area contributed by atoms with Gasteiger partial charge in [0.05, 0.1) is 0 Å². The largest absolute Gasteiger partial charge is 0.366 e. The maximum Gasteiger partial charge on any atom is 0.183 e. The third-order valence-corrected chi connectivity index (χ3v) is 3.73. The van der Waals surface area contributed by atoms with Crippen LogP contribution >= 0.6 is 0 Å². The molecule has 0 spiro atoms. The molecule has 0 aromatic rings. The van der Waals surface area contributed by atoms with E-state index in [-0.39, 0.29) is 6.10 Å². The van der Waals surface area contributed by atoms with Crippen molar-refractivity contribution in [1.29, 1.82) is 0 Å². The average Bonchev–Trinajstić information content (AvgIpc) is 3.00. The Bertz CT molecular complexity index is 224. The highest BCUT2D eigenvalue weighted by Crippen LogP contribution is 2.16. The Kier molecular flexibility index (Phi) is 7.15. The monoisotopic (exact) mass is 258 g/mol. The highest BCUT2D eigenvalue weighted by atomic mass is 16.7. The van der Waals surface area contributed by atoms with Gasteiger partial charge in [-0.25, -0.2) is 0 Å². The van der Waals surface area contributed by atoms with Crippen LogP contribution in [0.1, 0.15) is 34.1 Å². The second kappa shape index (κ2) is 8.10. The van der Waals surface area contributed by atoms with Gasteiger partial charge < -0.3 is 20.1 Å². The van der Waals surface area contributed by atoms with Gasteiger partial charge in [-0.05, 0) is 24.8 Å². The van der Waals surface area contributed by atoms with Crippen molar-refractivity contribution in [3.8, 4) is 0 Å². The van der Waals surface area contributed by atoms with Gasteiger partial charge >= 0.3 is 0 Å². The summed E-state index contributed by atoms with van der Waals surface area (Å²) in [4.78, 5) is 2.53. The van der Waals surface area contributed by atoms with Crippen LogP contribution in [0.3, 0.4) is 0 Å². The van der Waals surface area contributed by atoms with Crippen molar-refractivity contribution in [3.63, 3.8) is 0 Å². The number of nitrogens with one attached hydrogen (secondary N) is 1. The van der Waals surface area contributed by atoms with Gasteiger partial charge in [-0.2, -0.15) is 0 Å². The Morgan fingerprint density at radius 3 is 2.44 bits per heavy atom. The molecule has 0 bridgehead atoms. The van der Waals surface area contributed by atoms with Gasteiger partial charge in [0.15, 0.2) is 6.29 Å². The lowest BCUT2D eigenvalue weighted by Gasteiger charge is -2.27. The molecule has 1 rings (SSSR count). The third-order valence-electron chi connectivity index (χ3n) is 3.73. The molecule has 1 heterocycles. The van der Waals surface area contributed by atoms with Gasteiger partial charge in [-0.1, -0.05) is 27.7 Å². The zero-order chi connectivity index (χ0) is 13.5. The maximum absolute atomic E-state index is 9.03. The molecule has 18 heavy (non-hydrogen) atoms. The number of hydrogen-bond donors (Lipinski definition) is 2. The Labute approximate surface area is 112 Å². The fraction of sp³-hybridized carbons (Fsp3) is 1.00. The second-order valence-corrected chi connectivity index (χ2v) is 5.79. The molecule has 0 radical (unpaired) electrons. The average molecular weight is 258 g/mol. The van der Waals surface area contributed by atoms with Gasteiger partial charge in [0.1, 0.15) is 6.10 Å². The van der Waals surface area contributed by atoms with E-state index < -0.39 is 6.29 Å². The first kappa shape index (κ1) is 15.9. The SMILES string of the molecule is CCCN(CCNCC1OC1O)CC(C)C(C)C. The fourth-order valence-electron chi connectivity index (χ4n) is 1.99. The highest BCUT2D eigenvalue weighted by molar-refractivity contribution is 4.77. The van der Waals surface area contributed by atoms with Crippen molar-refractivity contribution in [2.24, 2.45) is 11.8 Å². The van der Waals surface area contributed by atoms with Crippen LogP contribution in [0.5, 0.6) is 0 Å². The molecule has 1 fully saturated rings. The van der Waals surface area contributed by atoms with E-state index in [4.69, 9.17) is 9.84 Å². The minimum atomic E-state index is -0.523. The Hall–Kier alpha value is -0.160. The lowest BCUT2D eigenvalue weighted by molar-refractivity contribution is 0.156. The van der Waals surface area contributed by atoms with Gasteiger partial charge in [-0.15, -0.1) is 0 Å². The topological polar surface area (TPSA) is 48.0 Å². The van der Waals surface area contributed by atoms with Gasteiger partial charge in [0.25, 0.3) is 0 Å². The van der Waals surface area contributed by atoms with Crippen LogP contribution < -0.4 is 5.32 Å². The predicted molar refractivity (Wildman–Crippen MR) is 74.5 cm³/mol. The smallest absolute Gasteiger partial charge is 0.183 e. The lowest BCUT2D eigenvalue weighted by Crippen LogP contribution is -2.37. The molecule has 1 aliphatic heterocycles. The lowest BCUT2D eigenvalue weighted by atomic mass is 9.97. The van der Waals surface area contributed by atoms with E-state index in [1.807, 2.05) is 0 Å². The Morgan fingerprint density at radius 2 is 1.94 bits per heavy atom. The van der Waals surface area contributed by atoms with Crippen molar-refractivity contribution in [1.82, 2.24) is 10.2 Å². The molecule has 4 nitrogen and oxygen atoms in total. The number of ether oxygens (including phenoxy) is 1. The number of epoxide rings is 1. The van der Waals surface area contributed by atoms with Gasteiger partial charge in [0, 0.05) is 26.2 Å². The van der Waals surface area contributed by atoms with Crippen LogP contribution in [0, 0.1) is 11.8 Å². The Morgan fingerprint density at radius 1 is 1.28 bits per heavy atom. The number of aliphatic hydroxyl groups is 1. The number of aliphatic hydroxyl groups excluding tert-OH is 1.